The molecule has 1 unspecified atom stereocenters. The van der Waals surface area contributed by atoms with Gasteiger partial charge in [-0.3, -0.25) is 4.90 Å². The molecule has 5 nitrogen and oxygen atoms in total. The van der Waals surface area contributed by atoms with E-state index < -0.39 is 0 Å². The van der Waals surface area contributed by atoms with Gasteiger partial charge in [-0.15, -0.1) is 11.3 Å². The number of carbonyl (C=O) groups is 1. The molecule has 0 amide bonds. The first-order valence-electron chi connectivity index (χ1n) is 6.29. The number of esters is 1. The van der Waals surface area contributed by atoms with Crippen molar-refractivity contribution in [2.24, 2.45) is 0 Å². The van der Waals surface area contributed by atoms with E-state index in [1.165, 1.54) is 11.3 Å². The first-order valence-corrected chi connectivity index (χ1v) is 7.17. The van der Waals surface area contributed by atoms with Crippen molar-refractivity contribution in [2.45, 2.75) is 19.9 Å². The van der Waals surface area contributed by atoms with Crippen LogP contribution in [0.3, 0.4) is 0 Å². The van der Waals surface area contributed by atoms with Crippen LogP contribution in [0.15, 0.2) is 5.38 Å². The van der Waals surface area contributed by atoms with Gasteiger partial charge >= 0.3 is 5.97 Å². The molecule has 6 heteroatoms. The highest BCUT2D eigenvalue weighted by atomic mass is 32.1. The summed E-state index contributed by atoms with van der Waals surface area (Å²) in [5.74, 6) is -0.326. The molecule has 1 N–H and O–H groups in total. The van der Waals surface area contributed by atoms with E-state index in [4.69, 9.17) is 4.74 Å². The Kier molecular flexibility index (Phi) is 4.68. The van der Waals surface area contributed by atoms with Gasteiger partial charge in [0.05, 0.1) is 12.6 Å². The summed E-state index contributed by atoms with van der Waals surface area (Å²) in [7, 11) is 0. The normalized spacial score (nSPS) is 18.6. The van der Waals surface area contributed by atoms with Crippen molar-refractivity contribution in [2.75, 3.05) is 32.8 Å². The van der Waals surface area contributed by atoms with Crippen molar-refractivity contribution in [3.05, 3.63) is 16.1 Å². The Hall–Kier alpha value is -0.980. The molecule has 0 radical (unpaired) electrons. The molecule has 1 aliphatic rings. The van der Waals surface area contributed by atoms with Crippen molar-refractivity contribution in [1.82, 2.24) is 15.2 Å². The number of thiazole rings is 1. The van der Waals surface area contributed by atoms with Gasteiger partial charge < -0.3 is 10.1 Å². The van der Waals surface area contributed by atoms with E-state index in [1.54, 1.807) is 12.3 Å². The number of ether oxygens (including phenoxy) is 1. The summed E-state index contributed by atoms with van der Waals surface area (Å²) in [6, 6.07) is 0.264. The number of hydrogen-bond donors (Lipinski definition) is 1. The molecule has 0 bridgehead atoms. The number of nitrogens with one attached hydrogen (secondary N) is 1. The molecule has 2 heterocycles. The molecule has 18 heavy (non-hydrogen) atoms. The lowest BCUT2D eigenvalue weighted by Crippen LogP contribution is -2.44. The van der Waals surface area contributed by atoms with Crippen LogP contribution in [0.25, 0.3) is 0 Å². The summed E-state index contributed by atoms with van der Waals surface area (Å²) in [5.41, 5.74) is 0.429. The summed E-state index contributed by atoms with van der Waals surface area (Å²) < 4.78 is 4.95. The topological polar surface area (TPSA) is 54.5 Å². The Morgan fingerprint density at radius 1 is 1.61 bits per heavy atom. The Morgan fingerprint density at radius 2 is 2.33 bits per heavy atom. The van der Waals surface area contributed by atoms with E-state index in [-0.39, 0.29) is 12.0 Å². The van der Waals surface area contributed by atoms with E-state index in [2.05, 4.69) is 22.1 Å². The maximum Gasteiger partial charge on any atom is 0.357 e. The average molecular weight is 269 g/mol. The lowest BCUT2D eigenvalue weighted by Gasteiger charge is -2.31. The van der Waals surface area contributed by atoms with Gasteiger partial charge in [0.25, 0.3) is 0 Å². The number of aromatic nitrogens is 1. The molecule has 100 valence electrons. The van der Waals surface area contributed by atoms with Gasteiger partial charge in [-0.2, -0.15) is 0 Å². The van der Waals surface area contributed by atoms with E-state index in [0.29, 0.717) is 12.3 Å². The number of hydrogen-bond acceptors (Lipinski definition) is 6. The predicted octanol–water partition coefficient (Wildman–Crippen LogP) is 1.29. The molecule has 0 saturated carbocycles. The summed E-state index contributed by atoms with van der Waals surface area (Å²) in [6.07, 6.45) is 0. The van der Waals surface area contributed by atoms with E-state index in [9.17, 15) is 4.79 Å². The number of rotatable bonds is 4. The molecule has 2 rings (SSSR count). The predicted molar refractivity (Wildman–Crippen MR) is 70.9 cm³/mol. The van der Waals surface area contributed by atoms with Gasteiger partial charge in [-0.1, -0.05) is 0 Å². The lowest BCUT2D eigenvalue weighted by molar-refractivity contribution is 0.0520. The largest absolute Gasteiger partial charge is 0.461 e. The first-order chi connectivity index (χ1) is 8.72. The number of piperazine rings is 1. The standard InChI is InChI=1S/C12H19N3O2S/c1-3-17-12(16)10-8-18-11(14-10)9(2)15-6-4-13-5-7-15/h8-9,13H,3-7H2,1-2H3. The second kappa shape index (κ2) is 6.26. The van der Waals surface area contributed by atoms with Crippen molar-refractivity contribution < 1.29 is 9.53 Å². The zero-order valence-electron chi connectivity index (χ0n) is 10.8. The van der Waals surface area contributed by atoms with Crippen LogP contribution in [-0.4, -0.2) is 48.6 Å². The van der Waals surface area contributed by atoms with Crippen molar-refractivity contribution in [3.63, 3.8) is 0 Å². The molecule has 1 fully saturated rings. The highest BCUT2D eigenvalue weighted by molar-refractivity contribution is 7.09. The SMILES string of the molecule is CCOC(=O)c1csc(C(C)N2CCNCC2)n1. The molecule has 1 atom stereocenters. The third kappa shape index (κ3) is 3.07. The minimum atomic E-state index is -0.326. The second-order valence-electron chi connectivity index (χ2n) is 4.25. The molecule has 1 aliphatic heterocycles. The van der Waals surface area contributed by atoms with Crippen molar-refractivity contribution >= 4 is 17.3 Å². The molecule has 1 aromatic rings. The van der Waals surface area contributed by atoms with Crippen LogP contribution < -0.4 is 5.32 Å². The van der Waals surface area contributed by atoms with Gasteiger partial charge in [0.15, 0.2) is 5.69 Å². The molecular weight excluding hydrogens is 250 g/mol. The smallest absolute Gasteiger partial charge is 0.357 e. The van der Waals surface area contributed by atoms with Crippen LogP contribution in [0.5, 0.6) is 0 Å². The fourth-order valence-corrected chi connectivity index (χ4v) is 2.88. The monoisotopic (exact) mass is 269 g/mol. The quantitative estimate of drug-likeness (QED) is 0.835. The molecule has 1 saturated heterocycles. The molecule has 1 aromatic heterocycles. The minimum absolute atomic E-state index is 0.264. The summed E-state index contributed by atoms with van der Waals surface area (Å²) in [5, 5.41) is 6.10. The lowest BCUT2D eigenvalue weighted by atomic mass is 10.2. The Morgan fingerprint density at radius 3 is 3.00 bits per heavy atom. The number of carbonyl (C=O) groups excluding carboxylic acids is 1. The van der Waals surface area contributed by atoms with E-state index >= 15 is 0 Å². The van der Waals surface area contributed by atoms with Gasteiger partial charge in [0.2, 0.25) is 0 Å². The Labute approximate surface area is 111 Å². The fourth-order valence-electron chi connectivity index (χ4n) is 2.00. The van der Waals surface area contributed by atoms with Crippen LogP contribution >= 0.6 is 11.3 Å². The van der Waals surface area contributed by atoms with Crippen molar-refractivity contribution in [1.29, 1.82) is 0 Å². The highest BCUT2D eigenvalue weighted by Gasteiger charge is 2.22. The third-order valence-corrected chi connectivity index (χ3v) is 4.08. The fraction of sp³-hybridized carbons (Fsp3) is 0.667. The maximum absolute atomic E-state index is 11.6. The van der Waals surface area contributed by atoms with Crippen LogP contribution in [0.4, 0.5) is 0 Å². The van der Waals surface area contributed by atoms with E-state index in [1.807, 2.05) is 0 Å². The first kappa shape index (κ1) is 13.5. The van der Waals surface area contributed by atoms with Gasteiger partial charge in [0.1, 0.15) is 5.01 Å². The third-order valence-electron chi connectivity index (χ3n) is 3.06. The summed E-state index contributed by atoms with van der Waals surface area (Å²) >= 11 is 1.53. The molecule has 0 aliphatic carbocycles. The van der Waals surface area contributed by atoms with Gasteiger partial charge in [-0.25, -0.2) is 9.78 Å². The Bertz CT molecular complexity index is 402. The highest BCUT2D eigenvalue weighted by Crippen LogP contribution is 2.24. The summed E-state index contributed by atoms with van der Waals surface area (Å²) in [4.78, 5) is 18.3. The van der Waals surface area contributed by atoms with Crippen LogP contribution in [-0.2, 0) is 4.74 Å². The Balaban J connectivity index is 2.02. The average Bonchev–Trinajstić information content (AvgIpc) is 2.89. The molecule has 0 spiro atoms. The van der Waals surface area contributed by atoms with Crippen molar-refractivity contribution in [3.8, 4) is 0 Å². The van der Waals surface area contributed by atoms with Gasteiger partial charge in [0, 0.05) is 31.6 Å². The van der Waals surface area contributed by atoms with Crippen LogP contribution in [0, 0.1) is 0 Å². The zero-order chi connectivity index (χ0) is 13.0. The van der Waals surface area contributed by atoms with Crippen LogP contribution in [0.2, 0.25) is 0 Å². The minimum Gasteiger partial charge on any atom is -0.461 e. The van der Waals surface area contributed by atoms with Gasteiger partial charge in [-0.05, 0) is 13.8 Å². The number of nitrogens with zero attached hydrogens (tertiary/aromatic N) is 2. The molecular formula is C12H19N3O2S. The second-order valence-corrected chi connectivity index (χ2v) is 5.14. The summed E-state index contributed by atoms with van der Waals surface area (Å²) in [6.45, 7) is 8.40. The van der Waals surface area contributed by atoms with Crippen LogP contribution in [0.1, 0.15) is 35.4 Å². The maximum atomic E-state index is 11.6. The molecule has 0 aromatic carbocycles. The zero-order valence-corrected chi connectivity index (χ0v) is 11.6. The van der Waals surface area contributed by atoms with E-state index in [0.717, 1.165) is 31.2 Å².